The van der Waals surface area contributed by atoms with Crippen molar-refractivity contribution in [3.8, 4) is 44.5 Å². The maximum Gasteiger partial charge on any atom is 0.135 e. The third-order valence-electron chi connectivity index (χ3n) is 7.88. The van der Waals surface area contributed by atoms with Crippen molar-refractivity contribution in [2.24, 2.45) is 0 Å². The monoisotopic (exact) mass is 587 g/mol. The first-order valence-electron chi connectivity index (χ1n) is 21.7. The van der Waals surface area contributed by atoms with Crippen LogP contribution >= 0.6 is 0 Å². The predicted molar refractivity (Wildman–Crippen MR) is 190 cm³/mol. The molecule has 0 radical (unpaired) electrons. The molecule has 9 aromatic rings. The normalized spacial score (nSPS) is 16.2. The fourth-order valence-corrected chi connectivity index (χ4v) is 5.84. The van der Waals surface area contributed by atoms with Gasteiger partial charge < -0.3 is 4.42 Å². The van der Waals surface area contributed by atoms with Gasteiger partial charge in [-0.15, -0.1) is 0 Å². The molecule has 0 N–H and O–H groups in total. The highest BCUT2D eigenvalue weighted by atomic mass is 16.3. The number of para-hydroxylation sites is 1. The van der Waals surface area contributed by atoms with Crippen molar-refractivity contribution in [3.05, 3.63) is 169 Å². The SMILES string of the molecule is [2H]c1c([2H])c(-c2c3ccccc3c(-c3c([2H])c([2H])c(-c4c([2H])c([2H])c5oc6c([2H])c([2H])c([2H])c([2H])c6c5c4[2H])c([2H])c3[2H])c3ccccc23)c([2H])c([2H])c1-c1ccccc1. The van der Waals surface area contributed by atoms with Gasteiger partial charge in [0.1, 0.15) is 11.2 Å². The van der Waals surface area contributed by atoms with E-state index in [0.29, 0.717) is 32.7 Å². The Bertz CT molecular complexity index is 3260. The Morgan fingerprint density at radius 3 is 1.36 bits per heavy atom. The fourth-order valence-electron chi connectivity index (χ4n) is 5.84. The first kappa shape index (κ1) is 14.7. The van der Waals surface area contributed by atoms with Crippen LogP contribution in [0.5, 0.6) is 0 Å². The summed E-state index contributed by atoms with van der Waals surface area (Å²) < 4.78 is 140. The van der Waals surface area contributed by atoms with Crippen molar-refractivity contribution in [2.75, 3.05) is 0 Å². The van der Waals surface area contributed by atoms with E-state index in [0.717, 1.165) is 0 Å². The number of fused-ring (bicyclic) bond motifs is 5. The van der Waals surface area contributed by atoms with E-state index in [1.165, 1.54) is 0 Å². The molecule has 0 aliphatic carbocycles. The quantitative estimate of drug-likeness (QED) is 0.187. The highest BCUT2D eigenvalue weighted by Crippen LogP contribution is 2.44. The van der Waals surface area contributed by atoms with E-state index in [9.17, 15) is 9.60 Å². The molecule has 1 heterocycles. The summed E-state index contributed by atoms with van der Waals surface area (Å²) in [6, 6.07) is 15.1. The van der Waals surface area contributed by atoms with E-state index in [1.54, 1.807) is 78.9 Å². The smallest absolute Gasteiger partial charge is 0.135 e. The summed E-state index contributed by atoms with van der Waals surface area (Å²) in [5, 5.41) is 1.34. The molecule has 0 aliphatic heterocycles. The molecule has 0 bridgehead atoms. The van der Waals surface area contributed by atoms with Gasteiger partial charge in [0.05, 0.1) is 20.6 Å². The maximum absolute atomic E-state index is 9.44. The zero-order chi connectivity index (χ0) is 42.8. The minimum atomic E-state index is -0.659. The molecule has 0 saturated heterocycles. The van der Waals surface area contributed by atoms with Crippen molar-refractivity contribution in [1.29, 1.82) is 0 Å². The Hall–Kier alpha value is -5.92. The lowest BCUT2D eigenvalue weighted by Gasteiger charge is -2.18. The second-order valence-electron chi connectivity index (χ2n) is 10.5. The Morgan fingerprint density at radius 1 is 0.333 bits per heavy atom. The average molecular weight is 588 g/mol. The van der Waals surface area contributed by atoms with Crippen LogP contribution < -0.4 is 0 Å². The van der Waals surface area contributed by atoms with E-state index in [-0.39, 0.29) is 68.4 Å². The number of furan rings is 1. The second-order valence-corrected chi connectivity index (χ2v) is 10.5. The van der Waals surface area contributed by atoms with Gasteiger partial charge in [0.25, 0.3) is 0 Å². The highest BCUT2D eigenvalue weighted by molar-refractivity contribution is 6.21. The molecule has 1 nitrogen and oxygen atoms in total. The fraction of sp³-hybridized carbons (Fsp3) is 0. The Kier molecular flexibility index (Phi) is 3.39. The zero-order valence-electron chi connectivity index (χ0n) is 38.4. The van der Waals surface area contributed by atoms with Crippen molar-refractivity contribution in [3.63, 3.8) is 0 Å². The van der Waals surface area contributed by atoms with Gasteiger partial charge in [-0.3, -0.25) is 0 Å². The molecule has 0 spiro atoms. The molecule has 0 unspecified atom stereocenters. The Morgan fingerprint density at radius 2 is 0.778 bits per heavy atom. The summed E-state index contributed by atoms with van der Waals surface area (Å²) >= 11 is 0. The van der Waals surface area contributed by atoms with Crippen LogP contribution in [0.1, 0.15) is 20.6 Å². The summed E-state index contributed by atoms with van der Waals surface area (Å²) in [5.41, 5.74) is -0.315. The molecule has 0 atom stereocenters. The van der Waals surface area contributed by atoms with E-state index < -0.39 is 77.6 Å². The van der Waals surface area contributed by atoms with Crippen molar-refractivity contribution >= 4 is 43.5 Å². The first-order valence-corrected chi connectivity index (χ1v) is 14.2. The third-order valence-corrected chi connectivity index (χ3v) is 7.88. The molecular weight excluding hydrogens is 544 g/mol. The van der Waals surface area contributed by atoms with Crippen LogP contribution in [0.4, 0.5) is 0 Å². The van der Waals surface area contributed by atoms with E-state index >= 15 is 0 Å². The van der Waals surface area contributed by atoms with Gasteiger partial charge in [0.15, 0.2) is 0 Å². The first-order chi connectivity index (χ1) is 28.6. The van der Waals surface area contributed by atoms with E-state index in [4.69, 9.17) is 15.4 Å². The van der Waals surface area contributed by atoms with Gasteiger partial charge in [0, 0.05) is 10.8 Å². The van der Waals surface area contributed by atoms with Gasteiger partial charge in [-0.1, -0.05) is 151 Å². The van der Waals surface area contributed by atoms with Crippen molar-refractivity contribution in [2.45, 2.75) is 0 Å². The van der Waals surface area contributed by atoms with Crippen LogP contribution in [0.25, 0.3) is 88.0 Å². The standard InChI is InChI=1S/C44H28O/c1-2-10-29(11-3-1)30-18-22-32(23-19-30)43-36-13-4-6-15-38(36)44(39-16-7-5-14-37(39)43)33-24-20-31(21-25-33)34-26-27-42-40(28-34)35-12-8-9-17-41(35)45-42/h1-28H/i8D,9D,12D,17D,18D,19D,20D,21D,22D,23D,24D,25D,26D,27D,28D. The van der Waals surface area contributed by atoms with Gasteiger partial charge in [-0.2, -0.15) is 0 Å². The van der Waals surface area contributed by atoms with Crippen molar-refractivity contribution < 1.29 is 25.0 Å². The lowest BCUT2D eigenvalue weighted by Crippen LogP contribution is -1.91. The zero-order valence-corrected chi connectivity index (χ0v) is 23.4. The topological polar surface area (TPSA) is 13.1 Å². The van der Waals surface area contributed by atoms with Crippen LogP contribution in [0.2, 0.25) is 0 Å². The van der Waals surface area contributed by atoms with Crippen molar-refractivity contribution in [1.82, 2.24) is 0 Å². The molecule has 0 fully saturated rings. The molecule has 45 heavy (non-hydrogen) atoms. The summed E-state index contributed by atoms with van der Waals surface area (Å²) in [7, 11) is 0. The molecule has 0 aliphatic rings. The van der Waals surface area contributed by atoms with Gasteiger partial charge >= 0.3 is 0 Å². The van der Waals surface area contributed by atoms with Crippen LogP contribution in [0.3, 0.4) is 0 Å². The molecular formula is C44H28O. The van der Waals surface area contributed by atoms with Crippen LogP contribution in [0.15, 0.2) is 174 Å². The minimum absolute atomic E-state index is 0.0442. The summed E-state index contributed by atoms with van der Waals surface area (Å²) in [6.45, 7) is 0. The van der Waals surface area contributed by atoms with Gasteiger partial charge in [-0.05, 0) is 84.2 Å². The van der Waals surface area contributed by atoms with Gasteiger partial charge in [0.2, 0.25) is 0 Å². The molecule has 0 saturated carbocycles. The Balaban J connectivity index is 1.35. The number of hydrogen-bond acceptors (Lipinski definition) is 1. The molecule has 9 rings (SSSR count). The second kappa shape index (κ2) is 10.4. The van der Waals surface area contributed by atoms with Crippen LogP contribution in [-0.4, -0.2) is 0 Å². The lowest BCUT2D eigenvalue weighted by atomic mass is 9.85. The molecule has 210 valence electrons. The number of benzene rings is 8. The molecule has 1 heteroatoms. The predicted octanol–water partition coefficient (Wildman–Crippen LogP) is 12.6. The largest absolute Gasteiger partial charge is 0.456 e. The summed E-state index contributed by atoms with van der Waals surface area (Å²) in [5.74, 6) is 0. The van der Waals surface area contributed by atoms with Gasteiger partial charge in [-0.25, -0.2) is 0 Å². The molecule has 0 amide bonds. The average Bonchev–Trinajstić information content (AvgIpc) is 3.66. The van der Waals surface area contributed by atoms with Crippen LogP contribution in [-0.2, 0) is 0 Å². The maximum atomic E-state index is 9.44. The lowest BCUT2D eigenvalue weighted by molar-refractivity contribution is 0.669. The number of hydrogen-bond donors (Lipinski definition) is 0. The minimum Gasteiger partial charge on any atom is -0.456 e. The number of rotatable bonds is 4. The van der Waals surface area contributed by atoms with Crippen LogP contribution in [0, 0.1) is 0 Å². The highest BCUT2D eigenvalue weighted by Gasteiger charge is 2.17. The summed E-state index contributed by atoms with van der Waals surface area (Å²) in [6.07, 6.45) is 0. The van der Waals surface area contributed by atoms with E-state index in [2.05, 4.69) is 0 Å². The van der Waals surface area contributed by atoms with E-state index in [1.807, 2.05) is 0 Å². The Labute approximate surface area is 282 Å². The summed E-state index contributed by atoms with van der Waals surface area (Å²) in [4.78, 5) is 0. The molecule has 1 aromatic heterocycles. The molecule has 8 aromatic carbocycles. The third kappa shape index (κ3) is 4.24.